The summed E-state index contributed by atoms with van der Waals surface area (Å²) in [5.74, 6) is 1.64. The van der Waals surface area contributed by atoms with Crippen LogP contribution in [0.4, 0.5) is 11.5 Å². The van der Waals surface area contributed by atoms with Gasteiger partial charge in [-0.3, -0.25) is 9.89 Å². The Kier molecular flexibility index (Phi) is 5.77. The van der Waals surface area contributed by atoms with Crippen LogP contribution in [0, 0.1) is 6.92 Å². The minimum atomic E-state index is -0.308. The first-order valence-electron chi connectivity index (χ1n) is 10.4. The quantitative estimate of drug-likeness (QED) is 0.420. The normalized spacial score (nSPS) is 11.4. The van der Waals surface area contributed by atoms with Gasteiger partial charge in [0.25, 0.3) is 5.91 Å². The van der Waals surface area contributed by atoms with Gasteiger partial charge in [0.1, 0.15) is 11.6 Å². The van der Waals surface area contributed by atoms with Crippen LogP contribution in [0.15, 0.2) is 54.9 Å². The van der Waals surface area contributed by atoms with Crippen LogP contribution in [0.3, 0.4) is 0 Å². The van der Waals surface area contributed by atoms with E-state index in [2.05, 4.69) is 20.8 Å². The van der Waals surface area contributed by atoms with E-state index in [1.54, 1.807) is 12.4 Å². The summed E-state index contributed by atoms with van der Waals surface area (Å²) in [5, 5.41) is 13.9. The molecule has 0 aliphatic heterocycles. The Balaban J connectivity index is 1.64. The van der Waals surface area contributed by atoms with Gasteiger partial charge in [-0.05, 0) is 57.5 Å². The van der Waals surface area contributed by atoms with Crippen molar-refractivity contribution < 1.29 is 9.53 Å². The highest BCUT2D eigenvalue weighted by Gasteiger charge is 2.15. The van der Waals surface area contributed by atoms with Gasteiger partial charge in [0.2, 0.25) is 0 Å². The number of hydrogen-bond donors (Lipinski definition) is 3. The number of amides is 1. The summed E-state index contributed by atoms with van der Waals surface area (Å²) in [6, 6.07) is 13.5. The summed E-state index contributed by atoms with van der Waals surface area (Å²) in [7, 11) is 0. The summed E-state index contributed by atoms with van der Waals surface area (Å²) in [4.78, 5) is 21.6. The Morgan fingerprint density at radius 1 is 1.12 bits per heavy atom. The van der Waals surface area contributed by atoms with Gasteiger partial charge < -0.3 is 15.4 Å². The number of benzene rings is 2. The molecular formula is C24H26N6O2. The lowest BCUT2D eigenvalue weighted by molar-refractivity contribution is -0.124. The Labute approximate surface area is 186 Å². The molecule has 0 bridgehead atoms. The lowest BCUT2D eigenvalue weighted by atomic mass is 10.1. The van der Waals surface area contributed by atoms with Crippen LogP contribution in [0.25, 0.3) is 22.3 Å². The van der Waals surface area contributed by atoms with E-state index in [0.29, 0.717) is 17.4 Å². The fourth-order valence-corrected chi connectivity index (χ4v) is 3.25. The highest BCUT2D eigenvalue weighted by Crippen LogP contribution is 2.29. The van der Waals surface area contributed by atoms with Crippen LogP contribution in [0.1, 0.15) is 26.3 Å². The van der Waals surface area contributed by atoms with E-state index in [1.807, 2.05) is 70.2 Å². The first kappa shape index (κ1) is 21.3. The van der Waals surface area contributed by atoms with Crippen LogP contribution in [0.2, 0.25) is 0 Å². The first-order valence-corrected chi connectivity index (χ1v) is 10.4. The van der Waals surface area contributed by atoms with Crippen molar-refractivity contribution in [2.24, 2.45) is 0 Å². The molecule has 0 saturated carbocycles. The monoisotopic (exact) mass is 430 g/mol. The van der Waals surface area contributed by atoms with E-state index in [0.717, 1.165) is 27.7 Å². The van der Waals surface area contributed by atoms with E-state index in [1.165, 1.54) is 0 Å². The largest absolute Gasteiger partial charge is 0.484 e. The zero-order valence-electron chi connectivity index (χ0n) is 18.6. The van der Waals surface area contributed by atoms with E-state index >= 15 is 0 Å². The van der Waals surface area contributed by atoms with Gasteiger partial charge in [-0.1, -0.05) is 18.2 Å². The zero-order chi connectivity index (χ0) is 22.7. The fourth-order valence-electron chi connectivity index (χ4n) is 3.25. The molecule has 3 N–H and O–H groups in total. The van der Waals surface area contributed by atoms with Crippen LogP contribution >= 0.6 is 0 Å². The third-order valence-corrected chi connectivity index (χ3v) is 4.59. The highest BCUT2D eigenvalue weighted by atomic mass is 16.5. The third-order valence-electron chi connectivity index (χ3n) is 4.59. The second-order valence-corrected chi connectivity index (χ2v) is 8.64. The number of aromatic amines is 1. The number of hydrogen-bond acceptors (Lipinski definition) is 6. The lowest BCUT2D eigenvalue weighted by Crippen LogP contribution is -2.43. The average molecular weight is 431 g/mol. The molecule has 0 aliphatic rings. The van der Waals surface area contributed by atoms with Gasteiger partial charge in [0.05, 0.1) is 17.4 Å². The van der Waals surface area contributed by atoms with Gasteiger partial charge in [-0.25, -0.2) is 9.97 Å². The van der Waals surface area contributed by atoms with Gasteiger partial charge in [0, 0.05) is 22.7 Å². The number of rotatable bonds is 6. The van der Waals surface area contributed by atoms with Crippen molar-refractivity contribution in [3.05, 3.63) is 60.4 Å². The molecule has 4 aromatic rings. The molecule has 0 aliphatic carbocycles. The Hall–Kier alpha value is -3.94. The molecule has 0 atom stereocenters. The molecule has 164 valence electrons. The van der Waals surface area contributed by atoms with Gasteiger partial charge >= 0.3 is 0 Å². The summed E-state index contributed by atoms with van der Waals surface area (Å²) in [5.41, 5.74) is 3.23. The molecule has 8 nitrogen and oxygen atoms in total. The number of carbonyl (C=O) groups is 1. The summed E-state index contributed by atoms with van der Waals surface area (Å²) in [6.07, 6.45) is 3.46. The van der Waals surface area contributed by atoms with E-state index in [9.17, 15) is 4.79 Å². The molecule has 4 rings (SSSR count). The SMILES string of the molecule is Cc1ccc2c(Nc3cn[nH]c3)nc(-c3cccc(OCC(=O)NC(C)(C)C)c3)nc2c1. The Morgan fingerprint density at radius 2 is 1.97 bits per heavy atom. The Morgan fingerprint density at radius 3 is 2.72 bits per heavy atom. The molecule has 2 heterocycles. The standard InChI is InChI=1S/C24H26N6O2/c1-15-8-9-19-20(10-15)28-22(29-23(19)27-17-12-25-26-13-17)16-6-5-7-18(11-16)32-14-21(31)30-24(2,3)4/h5-13H,14H2,1-4H3,(H,25,26)(H,30,31)(H,27,28,29). The van der Waals surface area contributed by atoms with Gasteiger partial charge in [-0.15, -0.1) is 0 Å². The van der Waals surface area contributed by atoms with Crippen molar-refractivity contribution in [3.63, 3.8) is 0 Å². The third kappa shape index (κ3) is 5.21. The zero-order valence-corrected chi connectivity index (χ0v) is 18.6. The predicted octanol–water partition coefficient (Wildman–Crippen LogP) is 4.37. The smallest absolute Gasteiger partial charge is 0.258 e. The predicted molar refractivity (Wildman–Crippen MR) is 125 cm³/mol. The van der Waals surface area contributed by atoms with Crippen molar-refractivity contribution in [2.75, 3.05) is 11.9 Å². The van der Waals surface area contributed by atoms with Crippen molar-refractivity contribution in [2.45, 2.75) is 33.2 Å². The van der Waals surface area contributed by atoms with Crippen LogP contribution in [0.5, 0.6) is 5.75 Å². The van der Waals surface area contributed by atoms with Crippen molar-refractivity contribution in [1.82, 2.24) is 25.5 Å². The molecule has 32 heavy (non-hydrogen) atoms. The second-order valence-electron chi connectivity index (χ2n) is 8.64. The summed E-state index contributed by atoms with van der Waals surface area (Å²) < 4.78 is 5.70. The summed E-state index contributed by atoms with van der Waals surface area (Å²) >= 11 is 0. The van der Waals surface area contributed by atoms with Gasteiger partial charge in [-0.2, -0.15) is 5.10 Å². The van der Waals surface area contributed by atoms with E-state index < -0.39 is 0 Å². The fraction of sp³-hybridized carbons (Fsp3) is 0.250. The molecule has 1 amide bonds. The lowest BCUT2D eigenvalue weighted by Gasteiger charge is -2.20. The van der Waals surface area contributed by atoms with Crippen LogP contribution in [-0.4, -0.2) is 38.2 Å². The first-order chi connectivity index (χ1) is 15.3. The minimum Gasteiger partial charge on any atom is -0.484 e. The van der Waals surface area contributed by atoms with Crippen molar-refractivity contribution in [3.8, 4) is 17.1 Å². The summed E-state index contributed by atoms with van der Waals surface area (Å²) in [6.45, 7) is 7.76. The Bertz CT molecular complexity index is 1250. The number of ether oxygens (including phenoxy) is 1. The second kappa shape index (κ2) is 8.66. The maximum absolute atomic E-state index is 12.1. The minimum absolute atomic E-state index is 0.0637. The molecular weight excluding hydrogens is 404 g/mol. The number of nitrogens with zero attached hydrogens (tertiary/aromatic N) is 3. The molecule has 0 spiro atoms. The van der Waals surface area contributed by atoms with E-state index in [-0.39, 0.29) is 18.1 Å². The van der Waals surface area contributed by atoms with Gasteiger partial charge in [0.15, 0.2) is 12.4 Å². The number of aryl methyl sites for hydroxylation is 1. The number of nitrogens with one attached hydrogen (secondary N) is 3. The average Bonchev–Trinajstić information content (AvgIpc) is 3.24. The number of anilines is 2. The number of H-pyrrole nitrogens is 1. The molecule has 0 radical (unpaired) electrons. The molecule has 2 aromatic carbocycles. The topological polar surface area (TPSA) is 105 Å². The van der Waals surface area contributed by atoms with Crippen LogP contribution < -0.4 is 15.4 Å². The van der Waals surface area contributed by atoms with Crippen molar-refractivity contribution in [1.29, 1.82) is 0 Å². The van der Waals surface area contributed by atoms with Crippen molar-refractivity contribution >= 4 is 28.3 Å². The molecule has 2 aromatic heterocycles. The maximum atomic E-state index is 12.1. The number of carbonyl (C=O) groups excluding carboxylic acids is 1. The van der Waals surface area contributed by atoms with E-state index in [4.69, 9.17) is 14.7 Å². The highest BCUT2D eigenvalue weighted by molar-refractivity contribution is 5.92. The van der Waals surface area contributed by atoms with Crippen LogP contribution in [-0.2, 0) is 4.79 Å². The number of fused-ring (bicyclic) bond motifs is 1. The molecule has 8 heteroatoms. The molecule has 0 fully saturated rings. The molecule has 0 unspecified atom stereocenters. The maximum Gasteiger partial charge on any atom is 0.258 e. The number of aromatic nitrogens is 4. The molecule has 0 saturated heterocycles.